The van der Waals surface area contributed by atoms with Gasteiger partial charge in [-0.1, -0.05) is 26.0 Å². The Kier molecular flexibility index (Phi) is 7.18. The smallest absolute Gasteiger partial charge is 0.153 e. The monoisotopic (exact) mass is 313 g/mol. The van der Waals surface area contributed by atoms with E-state index in [0.717, 1.165) is 29.8 Å². The topological polar surface area (TPSA) is 55.4 Å². The fourth-order valence-corrected chi connectivity index (χ4v) is 2.64. The summed E-state index contributed by atoms with van der Waals surface area (Å²) < 4.78 is 28.8. The number of benzene rings is 1. The molecule has 1 rings (SSSR count). The summed E-state index contributed by atoms with van der Waals surface area (Å²) in [5.74, 6) is 0.997. The van der Waals surface area contributed by atoms with Gasteiger partial charge in [-0.15, -0.1) is 0 Å². The number of hydrogen-bond acceptors (Lipinski definition) is 4. The zero-order chi connectivity index (χ0) is 15.9. The molecule has 0 aliphatic heterocycles. The Hall–Kier alpha value is -1.07. The molecule has 0 spiro atoms. The standard InChI is InChI=1S/C16H27NO3S/c1-5-9-17-14(4)15-8-7-13(3)12-16(15)20-10-11-21(18,19)6-2/h7-8,12,14,17H,5-6,9-11H2,1-4H3. The van der Waals surface area contributed by atoms with Crippen LogP contribution in [0.3, 0.4) is 0 Å². The minimum Gasteiger partial charge on any atom is -0.492 e. The molecular formula is C16H27NO3S. The van der Waals surface area contributed by atoms with Crippen LogP contribution >= 0.6 is 0 Å². The van der Waals surface area contributed by atoms with Crippen LogP contribution in [0.5, 0.6) is 5.75 Å². The van der Waals surface area contributed by atoms with Gasteiger partial charge in [0.15, 0.2) is 9.84 Å². The number of aryl methyl sites for hydroxylation is 1. The molecule has 4 nitrogen and oxygen atoms in total. The van der Waals surface area contributed by atoms with Gasteiger partial charge in [0.05, 0.1) is 5.75 Å². The average molecular weight is 313 g/mol. The molecule has 1 N–H and O–H groups in total. The third-order valence-electron chi connectivity index (χ3n) is 3.43. The van der Waals surface area contributed by atoms with Gasteiger partial charge >= 0.3 is 0 Å². The Morgan fingerprint density at radius 2 is 2.00 bits per heavy atom. The van der Waals surface area contributed by atoms with Gasteiger partial charge in [0.2, 0.25) is 0 Å². The van der Waals surface area contributed by atoms with E-state index in [-0.39, 0.29) is 24.2 Å². The minimum atomic E-state index is -2.99. The van der Waals surface area contributed by atoms with E-state index in [1.54, 1.807) is 6.92 Å². The first kappa shape index (κ1) is 18.0. The van der Waals surface area contributed by atoms with Gasteiger partial charge in [-0.2, -0.15) is 0 Å². The number of sulfone groups is 1. The van der Waals surface area contributed by atoms with Crippen LogP contribution in [-0.2, 0) is 9.84 Å². The van der Waals surface area contributed by atoms with E-state index in [9.17, 15) is 8.42 Å². The zero-order valence-electron chi connectivity index (χ0n) is 13.5. The van der Waals surface area contributed by atoms with Gasteiger partial charge in [0.25, 0.3) is 0 Å². The Bertz CT molecular complexity index is 540. The number of ether oxygens (including phenoxy) is 1. The van der Waals surface area contributed by atoms with Crippen LogP contribution in [0.1, 0.15) is 44.4 Å². The Morgan fingerprint density at radius 3 is 2.62 bits per heavy atom. The third kappa shape index (κ3) is 6.06. The van der Waals surface area contributed by atoms with Crippen LogP contribution in [0.2, 0.25) is 0 Å². The molecule has 0 aliphatic rings. The maximum absolute atomic E-state index is 11.5. The molecule has 0 fully saturated rings. The largest absolute Gasteiger partial charge is 0.492 e. The first-order valence-electron chi connectivity index (χ1n) is 7.56. The summed E-state index contributed by atoms with van der Waals surface area (Å²) in [6.07, 6.45) is 1.07. The lowest BCUT2D eigenvalue weighted by Gasteiger charge is -2.18. The first-order valence-corrected chi connectivity index (χ1v) is 9.39. The van der Waals surface area contributed by atoms with E-state index in [4.69, 9.17) is 4.74 Å². The predicted octanol–water partition coefficient (Wildman–Crippen LogP) is 2.87. The second kappa shape index (κ2) is 8.39. The second-order valence-electron chi connectivity index (χ2n) is 5.30. The molecule has 120 valence electrons. The summed E-state index contributed by atoms with van der Waals surface area (Å²) >= 11 is 0. The molecule has 0 saturated heterocycles. The first-order chi connectivity index (χ1) is 9.89. The Balaban J connectivity index is 2.77. The lowest BCUT2D eigenvalue weighted by molar-refractivity contribution is 0.333. The maximum atomic E-state index is 11.5. The van der Waals surface area contributed by atoms with Crippen LogP contribution in [0.25, 0.3) is 0 Å². The molecule has 0 bridgehead atoms. The van der Waals surface area contributed by atoms with Crippen LogP contribution in [0.15, 0.2) is 18.2 Å². The van der Waals surface area contributed by atoms with Crippen molar-refractivity contribution in [2.75, 3.05) is 24.7 Å². The van der Waals surface area contributed by atoms with Crippen molar-refractivity contribution >= 4 is 9.84 Å². The van der Waals surface area contributed by atoms with Crippen LogP contribution in [0.4, 0.5) is 0 Å². The van der Waals surface area contributed by atoms with E-state index >= 15 is 0 Å². The lowest BCUT2D eigenvalue weighted by Crippen LogP contribution is -2.21. The number of rotatable bonds is 9. The van der Waals surface area contributed by atoms with Crippen LogP contribution in [-0.4, -0.2) is 33.1 Å². The molecule has 1 atom stereocenters. The van der Waals surface area contributed by atoms with Crippen LogP contribution in [0, 0.1) is 6.92 Å². The highest BCUT2D eigenvalue weighted by Gasteiger charge is 2.13. The lowest BCUT2D eigenvalue weighted by atomic mass is 10.0. The Morgan fingerprint density at radius 1 is 1.29 bits per heavy atom. The molecule has 5 heteroatoms. The van der Waals surface area contributed by atoms with E-state index in [0.29, 0.717) is 0 Å². The fraction of sp³-hybridized carbons (Fsp3) is 0.625. The molecule has 0 aromatic heterocycles. The van der Waals surface area contributed by atoms with E-state index in [2.05, 4.69) is 25.2 Å². The summed E-state index contributed by atoms with van der Waals surface area (Å²) in [4.78, 5) is 0. The van der Waals surface area contributed by atoms with Gasteiger partial charge in [-0.3, -0.25) is 0 Å². The molecule has 0 amide bonds. The minimum absolute atomic E-state index is 0.0631. The van der Waals surface area contributed by atoms with Crippen molar-refractivity contribution in [1.82, 2.24) is 5.32 Å². The molecule has 1 unspecified atom stereocenters. The number of hydrogen-bond donors (Lipinski definition) is 1. The highest BCUT2D eigenvalue weighted by molar-refractivity contribution is 7.91. The van der Waals surface area contributed by atoms with Gasteiger partial charge < -0.3 is 10.1 Å². The Labute approximate surface area is 128 Å². The molecular weight excluding hydrogens is 286 g/mol. The van der Waals surface area contributed by atoms with Crippen molar-refractivity contribution in [2.45, 2.75) is 40.2 Å². The maximum Gasteiger partial charge on any atom is 0.153 e. The van der Waals surface area contributed by atoms with Gasteiger partial charge in [-0.25, -0.2) is 8.42 Å². The van der Waals surface area contributed by atoms with Crippen LogP contribution < -0.4 is 10.1 Å². The van der Waals surface area contributed by atoms with E-state index < -0.39 is 9.84 Å². The summed E-state index contributed by atoms with van der Waals surface area (Å²) in [7, 11) is -2.99. The molecule has 1 aromatic carbocycles. The summed E-state index contributed by atoms with van der Waals surface area (Å²) in [6, 6.07) is 6.25. The SMILES string of the molecule is CCCNC(C)c1ccc(C)cc1OCCS(=O)(=O)CC. The number of nitrogens with one attached hydrogen (secondary N) is 1. The highest BCUT2D eigenvalue weighted by atomic mass is 32.2. The summed E-state index contributed by atoms with van der Waals surface area (Å²) in [6.45, 7) is 9.03. The fourth-order valence-electron chi connectivity index (χ4n) is 2.02. The van der Waals surface area contributed by atoms with Crippen molar-refractivity contribution in [3.8, 4) is 5.75 Å². The van der Waals surface area contributed by atoms with Crippen molar-refractivity contribution in [2.24, 2.45) is 0 Å². The third-order valence-corrected chi connectivity index (χ3v) is 5.10. The molecule has 1 aromatic rings. The average Bonchev–Trinajstić information content (AvgIpc) is 2.44. The van der Waals surface area contributed by atoms with Gasteiger partial charge in [-0.05, 0) is 38.4 Å². The summed E-state index contributed by atoms with van der Waals surface area (Å²) in [5.41, 5.74) is 2.18. The van der Waals surface area contributed by atoms with Crippen molar-refractivity contribution < 1.29 is 13.2 Å². The summed E-state index contributed by atoms with van der Waals surface area (Å²) in [5, 5.41) is 3.43. The molecule has 0 saturated carbocycles. The second-order valence-corrected chi connectivity index (χ2v) is 7.77. The quantitative estimate of drug-likeness (QED) is 0.761. The molecule has 0 heterocycles. The normalized spacial score (nSPS) is 13.1. The van der Waals surface area contributed by atoms with E-state index in [1.165, 1.54) is 0 Å². The molecule has 21 heavy (non-hydrogen) atoms. The molecule has 0 radical (unpaired) electrons. The van der Waals surface area contributed by atoms with Crippen molar-refractivity contribution in [3.05, 3.63) is 29.3 Å². The van der Waals surface area contributed by atoms with Crippen molar-refractivity contribution in [1.29, 1.82) is 0 Å². The molecule has 0 aliphatic carbocycles. The van der Waals surface area contributed by atoms with Crippen molar-refractivity contribution in [3.63, 3.8) is 0 Å². The van der Waals surface area contributed by atoms with Gasteiger partial charge in [0.1, 0.15) is 12.4 Å². The highest BCUT2D eigenvalue weighted by Crippen LogP contribution is 2.26. The zero-order valence-corrected chi connectivity index (χ0v) is 14.3. The van der Waals surface area contributed by atoms with Gasteiger partial charge in [0, 0.05) is 17.4 Å². The predicted molar refractivity (Wildman–Crippen MR) is 87.7 cm³/mol. The van der Waals surface area contributed by atoms with E-state index in [1.807, 2.05) is 19.1 Å².